The van der Waals surface area contributed by atoms with Gasteiger partial charge in [-0.1, -0.05) is 30.3 Å². The maximum absolute atomic E-state index is 12.6. The maximum atomic E-state index is 12.6. The molecule has 0 aromatic heterocycles. The predicted octanol–water partition coefficient (Wildman–Crippen LogP) is 2.66. The van der Waals surface area contributed by atoms with Crippen LogP contribution in [0.5, 0.6) is 5.75 Å². The van der Waals surface area contributed by atoms with Crippen LogP contribution in [0.15, 0.2) is 53.4 Å². The largest absolute Gasteiger partial charge is 0.497 e. The number of rotatable bonds is 8. The van der Waals surface area contributed by atoms with Crippen LogP contribution in [0.1, 0.15) is 30.1 Å². The molecule has 1 aliphatic rings. The van der Waals surface area contributed by atoms with E-state index in [-0.39, 0.29) is 29.9 Å². The van der Waals surface area contributed by atoms with Crippen molar-refractivity contribution in [2.75, 3.05) is 33.4 Å². The summed E-state index contributed by atoms with van der Waals surface area (Å²) in [5, 5.41) is 0. The van der Waals surface area contributed by atoms with Crippen LogP contribution in [-0.2, 0) is 19.6 Å². The number of carbonyl (C=O) groups excluding carboxylic acids is 1. The van der Waals surface area contributed by atoms with Crippen LogP contribution in [0.4, 0.5) is 0 Å². The van der Waals surface area contributed by atoms with Crippen LogP contribution in [0, 0.1) is 6.92 Å². The second-order valence-electron chi connectivity index (χ2n) is 7.24. The number of nitrogens with zero attached hydrogens (tertiary/aromatic N) is 1. The SMILES string of the molecule is COc1ccc(S(=O)(=O)NCCCC(=O)N2CCOC(c3ccccc3)C2)c(C)c1. The summed E-state index contributed by atoms with van der Waals surface area (Å²) in [4.78, 5) is 14.6. The van der Waals surface area contributed by atoms with E-state index in [1.165, 1.54) is 13.2 Å². The monoisotopic (exact) mass is 432 g/mol. The number of hydrogen-bond donors (Lipinski definition) is 1. The molecule has 7 nitrogen and oxygen atoms in total. The zero-order valence-corrected chi connectivity index (χ0v) is 18.2. The summed E-state index contributed by atoms with van der Waals surface area (Å²) < 4.78 is 38.6. The molecule has 0 radical (unpaired) electrons. The second kappa shape index (κ2) is 10.1. The van der Waals surface area contributed by atoms with Gasteiger partial charge >= 0.3 is 0 Å². The molecule has 0 aliphatic carbocycles. The molecule has 0 spiro atoms. The Morgan fingerprint density at radius 2 is 2.00 bits per heavy atom. The number of hydrogen-bond acceptors (Lipinski definition) is 5. The highest BCUT2D eigenvalue weighted by atomic mass is 32.2. The molecular weight excluding hydrogens is 404 g/mol. The minimum atomic E-state index is -3.63. The molecule has 1 saturated heterocycles. The lowest BCUT2D eigenvalue weighted by Gasteiger charge is -2.33. The first-order valence-corrected chi connectivity index (χ1v) is 11.5. The van der Waals surface area contributed by atoms with Crippen molar-refractivity contribution >= 4 is 15.9 Å². The van der Waals surface area contributed by atoms with Crippen LogP contribution in [0.2, 0.25) is 0 Å². The van der Waals surface area contributed by atoms with E-state index in [9.17, 15) is 13.2 Å². The molecule has 1 fully saturated rings. The second-order valence-corrected chi connectivity index (χ2v) is 8.98. The van der Waals surface area contributed by atoms with Crippen molar-refractivity contribution in [1.82, 2.24) is 9.62 Å². The van der Waals surface area contributed by atoms with Crippen LogP contribution in [0.25, 0.3) is 0 Å². The highest BCUT2D eigenvalue weighted by Gasteiger charge is 2.25. The van der Waals surface area contributed by atoms with Gasteiger partial charge in [-0.25, -0.2) is 13.1 Å². The van der Waals surface area contributed by atoms with Gasteiger partial charge in [0.1, 0.15) is 11.9 Å². The van der Waals surface area contributed by atoms with E-state index in [4.69, 9.17) is 9.47 Å². The fraction of sp³-hybridized carbons (Fsp3) is 0.409. The number of aryl methyl sites for hydroxylation is 1. The van der Waals surface area contributed by atoms with E-state index in [2.05, 4.69) is 4.72 Å². The van der Waals surface area contributed by atoms with Gasteiger partial charge in [0.05, 0.1) is 25.2 Å². The Morgan fingerprint density at radius 1 is 1.23 bits per heavy atom. The van der Waals surface area contributed by atoms with E-state index in [0.29, 0.717) is 37.4 Å². The number of benzene rings is 2. The zero-order chi connectivity index (χ0) is 21.6. The number of morpholine rings is 1. The summed E-state index contributed by atoms with van der Waals surface area (Å²) in [6.45, 7) is 3.49. The zero-order valence-electron chi connectivity index (χ0n) is 17.3. The molecule has 3 rings (SSSR count). The number of nitrogens with one attached hydrogen (secondary N) is 1. The van der Waals surface area contributed by atoms with Crippen molar-refractivity contribution in [1.29, 1.82) is 0 Å². The van der Waals surface area contributed by atoms with Gasteiger partial charge in [-0.15, -0.1) is 0 Å². The Bertz CT molecular complexity index is 963. The van der Waals surface area contributed by atoms with E-state index in [1.54, 1.807) is 24.0 Å². The Labute approximate surface area is 178 Å². The number of ether oxygens (including phenoxy) is 2. The summed E-state index contributed by atoms with van der Waals surface area (Å²) in [5.41, 5.74) is 1.66. The van der Waals surface area contributed by atoms with Crippen molar-refractivity contribution in [2.24, 2.45) is 0 Å². The van der Waals surface area contributed by atoms with Gasteiger partial charge < -0.3 is 14.4 Å². The molecule has 0 saturated carbocycles. The molecule has 1 aliphatic heterocycles. The average molecular weight is 433 g/mol. The molecule has 1 unspecified atom stereocenters. The minimum Gasteiger partial charge on any atom is -0.497 e. The average Bonchev–Trinajstić information content (AvgIpc) is 2.77. The first kappa shape index (κ1) is 22.3. The molecule has 8 heteroatoms. The van der Waals surface area contributed by atoms with E-state index in [0.717, 1.165) is 5.56 Å². The van der Waals surface area contributed by atoms with Gasteiger partial charge in [-0.05, 0) is 42.7 Å². The Kier molecular flexibility index (Phi) is 7.47. The summed E-state index contributed by atoms with van der Waals surface area (Å²) in [7, 11) is -2.10. The lowest BCUT2D eigenvalue weighted by Crippen LogP contribution is -2.42. The van der Waals surface area contributed by atoms with Crippen LogP contribution in [-0.4, -0.2) is 52.6 Å². The first-order chi connectivity index (χ1) is 14.4. The minimum absolute atomic E-state index is 0.0130. The molecule has 162 valence electrons. The summed E-state index contributed by atoms with van der Waals surface area (Å²) in [5.74, 6) is 0.621. The van der Waals surface area contributed by atoms with Gasteiger partial charge in [0.25, 0.3) is 0 Å². The fourth-order valence-electron chi connectivity index (χ4n) is 3.48. The lowest BCUT2D eigenvalue weighted by molar-refractivity contribution is -0.139. The number of carbonyl (C=O) groups is 1. The van der Waals surface area contributed by atoms with Gasteiger partial charge in [0.2, 0.25) is 15.9 Å². The van der Waals surface area contributed by atoms with Gasteiger partial charge in [0.15, 0.2) is 0 Å². The first-order valence-electron chi connectivity index (χ1n) is 9.99. The Morgan fingerprint density at radius 3 is 2.70 bits per heavy atom. The molecular formula is C22H28N2O5S. The van der Waals surface area contributed by atoms with Crippen molar-refractivity contribution in [3.63, 3.8) is 0 Å². The Balaban J connectivity index is 1.48. The molecule has 1 atom stereocenters. The third-order valence-electron chi connectivity index (χ3n) is 5.12. The third kappa shape index (κ3) is 5.59. The summed E-state index contributed by atoms with van der Waals surface area (Å²) >= 11 is 0. The molecule has 2 aromatic rings. The maximum Gasteiger partial charge on any atom is 0.240 e. The van der Waals surface area contributed by atoms with E-state index < -0.39 is 10.0 Å². The molecule has 1 amide bonds. The van der Waals surface area contributed by atoms with Crippen molar-refractivity contribution in [3.05, 3.63) is 59.7 Å². The molecule has 0 bridgehead atoms. The quantitative estimate of drug-likeness (QED) is 0.649. The topological polar surface area (TPSA) is 84.9 Å². The smallest absolute Gasteiger partial charge is 0.240 e. The van der Waals surface area contributed by atoms with Crippen molar-refractivity contribution < 1.29 is 22.7 Å². The van der Waals surface area contributed by atoms with Gasteiger partial charge in [-0.3, -0.25) is 4.79 Å². The van der Waals surface area contributed by atoms with Gasteiger partial charge in [0, 0.05) is 19.5 Å². The third-order valence-corrected chi connectivity index (χ3v) is 6.74. The number of sulfonamides is 1. The van der Waals surface area contributed by atoms with Crippen LogP contribution < -0.4 is 9.46 Å². The molecule has 2 aromatic carbocycles. The van der Waals surface area contributed by atoms with Gasteiger partial charge in [-0.2, -0.15) is 0 Å². The molecule has 30 heavy (non-hydrogen) atoms. The predicted molar refractivity (Wildman–Crippen MR) is 114 cm³/mol. The number of methoxy groups -OCH3 is 1. The number of amides is 1. The highest BCUT2D eigenvalue weighted by molar-refractivity contribution is 7.89. The molecule has 1 heterocycles. The van der Waals surface area contributed by atoms with Crippen LogP contribution in [0.3, 0.4) is 0 Å². The van der Waals surface area contributed by atoms with Crippen LogP contribution >= 0.6 is 0 Å². The van der Waals surface area contributed by atoms with E-state index >= 15 is 0 Å². The Hall–Kier alpha value is -2.42. The highest BCUT2D eigenvalue weighted by Crippen LogP contribution is 2.23. The van der Waals surface area contributed by atoms with E-state index in [1.807, 2.05) is 30.3 Å². The summed E-state index contributed by atoms with van der Waals surface area (Å²) in [6.07, 6.45) is 0.590. The summed E-state index contributed by atoms with van der Waals surface area (Å²) in [6, 6.07) is 14.7. The lowest BCUT2D eigenvalue weighted by atomic mass is 10.1. The van der Waals surface area contributed by atoms with Crippen molar-refractivity contribution in [3.8, 4) is 5.75 Å². The normalized spacial score (nSPS) is 17.0. The fourth-order valence-corrected chi connectivity index (χ4v) is 4.78. The van der Waals surface area contributed by atoms with Crippen molar-refractivity contribution in [2.45, 2.75) is 30.8 Å². The standard InChI is InChI=1S/C22H28N2O5S/c1-17-15-19(28-2)10-11-21(17)30(26,27)23-12-6-9-22(25)24-13-14-29-20(16-24)18-7-4-3-5-8-18/h3-5,7-8,10-11,15,20,23H,6,9,12-14,16H2,1-2H3. The molecule has 1 N–H and O–H groups in total.